The number of amides is 1. The molecule has 1 aliphatic heterocycles. The molecule has 1 fully saturated rings. The Bertz CT molecular complexity index is 492. The smallest absolute Gasteiger partial charge is 0.303 e. The second kappa shape index (κ2) is 7.26. The van der Waals surface area contributed by atoms with Crippen LogP contribution in [-0.4, -0.2) is 53.1 Å². The number of nitrogens with one attached hydrogen (secondary N) is 1. The summed E-state index contributed by atoms with van der Waals surface area (Å²) in [5.74, 6) is -0.863. The van der Waals surface area contributed by atoms with Gasteiger partial charge in [-0.15, -0.1) is 0 Å². The van der Waals surface area contributed by atoms with Crippen molar-refractivity contribution in [1.29, 1.82) is 0 Å². The van der Waals surface area contributed by atoms with E-state index in [1.807, 2.05) is 18.3 Å². The number of piperidine rings is 1. The lowest BCUT2D eigenvalue weighted by Gasteiger charge is -2.27. The van der Waals surface area contributed by atoms with Crippen LogP contribution in [0.3, 0.4) is 0 Å². The molecule has 0 atom stereocenters. The van der Waals surface area contributed by atoms with Gasteiger partial charge in [-0.3, -0.25) is 9.59 Å². The van der Waals surface area contributed by atoms with Gasteiger partial charge < -0.3 is 19.9 Å². The normalized spacial score (nSPS) is 15.9. The van der Waals surface area contributed by atoms with Crippen LogP contribution in [0.15, 0.2) is 18.3 Å². The number of carboxylic acid groups (broad SMARTS) is 1. The number of carbonyl (C=O) groups excluding carboxylic acids is 1. The number of aromatic nitrogens is 1. The molecule has 0 spiro atoms. The van der Waals surface area contributed by atoms with Gasteiger partial charge in [0, 0.05) is 32.3 Å². The first-order valence-corrected chi connectivity index (χ1v) is 7.44. The Hall–Kier alpha value is -1.82. The summed E-state index contributed by atoms with van der Waals surface area (Å²) < 4.78 is 2.07. The van der Waals surface area contributed by atoms with Crippen molar-refractivity contribution in [1.82, 2.24) is 14.8 Å². The molecule has 116 valence electrons. The summed E-state index contributed by atoms with van der Waals surface area (Å²) in [7, 11) is 1.73. The number of rotatable bonds is 6. The summed E-state index contributed by atoms with van der Waals surface area (Å²) in [6.07, 6.45) is 4.59. The maximum atomic E-state index is 12.5. The largest absolute Gasteiger partial charge is 0.481 e. The number of hydrogen-bond acceptors (Lipinski definition) is 3. The third kappa shape index (κ3) is 4.07. The van der Waals surface area contributed by atoms with Gasteiger partial charge in [-0.05, 0) is 44.5 Å². The third-order valence-electron chi connectivity index (χ3n) is 3.93. The Morgan fingerprint density at radius 2 is 2.14 bits per heavy atom. The summed E-state index contributed by atoms with van der Waals surface area (Å²) in [6.45, 7) is 2.42. The van der Waals surface area contributed by atoms with Gasteiger partial charge in [0.2, 0.25) is 0 Å². The molecule has 1 aromatic rings. The van der Waals surface area contributed by atoms with E-state index in [9.17, 15) is 9.59 Å². The van der Waals surface area contributed by atoms with Crippen LogP contribution >= 0.6 is 0 Å². The minimum absolute atomic E-state index is 0.0380. The van der Waals surface area contributed by atoms with E-state index in [2.05, 4.69) is 9.88 Å². The lowest BCUT2D eigenvalue weighted by atomic mass is 10.1. The average Bonchev–Trinajstić information content (AvgIpc) is 2.96. The molecule has 1 aliphatic rings. The van der Waals surface area contributed by atoms with Crippen LogP contribution in [-0.2, 0) is 4.79 Å². The zero-order chi connectivity index (χ0) is 15.2. The monoisotopic (exact) mass is 293 g/mol. The minimum Gasteiger partial charge on any atom is -0.481 e. The second-order valence-electron chi connectivity index (χ2n) is 5.51. The van der Waals surface area contributed by atoms with Crippen molar-refractivity contribution in [2.75, 3.05) is 26.7 Å². The van der Waals surface area contributed by atoms with Gasteiger partial charge in [0.1, 0.15) is 5.69 Å². The van der Waals surface area contributed by atoms with Crippen molar-refractivity contribution >= 4 is 11.9 Å². The van der Waals surface area contributed by atoms with Gasteiger partial charge in [-0.1, -0.05) is 0 Å². The van der Waals surface area contributed by atoms with Crippen molar-refractivity contribution in [2.24, 2.45) is 0 Å². The fourth-order valence-electron chi connectivity index (χ4n) is 2.74. The molecule has 6 nitrogen and oxygen atoms in total. The van der Waals surface area contributed by atoms with Crippen LogP contribution in [0.25, 0.3) is 0 Å². The van der Waals surface area contributed by atoms with E-state index >= 15 is 0 Å². The highest BCUT2D eigenvalue weighted by molar-refractivity contribution is 5.92. The zero-order valence-electron chi connectivity index (χ0n) is 12.4. The fraction of sp³-hybridized carbons (Fsp3) is 0.600. The van der Waals surface area contributed by atoms with E-state index in [1.165, 1.54) is 0 Å². The summed E-state index contributed by atoms with van der Waals surface area (Å²) in [5, 5.41) is 12.0. The van der Waals surface area contributed by atoms with Crippen LogP contribution in [0.2, 0.25) is 0 Å². The van der Waals surface area contributed by atoms with Crippen LogP contribution < -0.4 is 5.32 Å². The molecule has 6 heteroatoms. The first kappa shape index (κ1) is 15.6. The molecule has 2 heterocycles. The van der Waals surface area contributed by atoms with E-state index in [0.717, 1.165) is 25.9 Å². The van der Waals surface area contributed by atoms with Gasteiger partial charge in [0.15, 0.2) is 0 Å². The van der Waals surface area contributed by atoms with E-state index in [0.29, 0.717) is 24.7 Å². The predicted octanol–water partition coefficient (Wildman–Crippen LogP) is 1.35. The predicted molar refractivity (Wildman–Crippen MR) is 79.4 cm³/mol. The van der Waals surface area contributed by atoms with Crippen molar-refractivity contribution in [3.05, 3.63) is 24.0 Å². The number of carbonyl (C=O) groups is 2. The molecule has 2 rings (SSSR count). The molecule has 1 saturated heterocycles. The van der Waals surface area contributed by atoms with Crippen LogP contribution in [0.5, 0.6) is 0 Å². The third-order valence-corrected chi connectivity index (χ3v) is 3.93. The first-order chi connectivity index (χ1) is 10.1. The lowest BCUT2D eigenvalue weighted by molar-refractivity contribution is -0.137. The lowest BCUT2D eigenvalue weighted by Crippen LogP contribution is -2.33. The number of nitrogens with zero attached hydrogens (tertiary/aromatic N) is 2. The topological polar surface area (TPSA) is 74.6 Å². The average molecular weight is 293 g/mol. The molecule has 0 aliphatic carbocycles. The first-order valence-electron chi connectivity index (χ1n) is 7.44. The van der Waals surface area contributed by atoms with Crippen LogP contribution in [0.4, 0.5) is 0 Å². The summed E-state index contributed by atoms with van der Waals surface area (Å²) >= 11 is 0. The van der Waals surface area contributed by atoms with E-state index in [4.69, 9.17) is 5.11 Å². The summed E-state index contributed by atoms with van der Waals surface area (Å²) in [4.78, 5) is 24.6. The number of carboxylic acids is 1. The molecule has 1 amide bonds. The van der Waals surface area contributed by atoms with Crippen molar-refractivity contribution < 1.29 is 14.7 Å². The maximum absolute atomic E-state index is 12.5. The SMILES string of the molecule is CN(CCCC(=O)O)C(=O)c1cccn1C1CCNCC1. The van der Waals surface area contributed by atoms with Crippen LogP contribution in [0.1, 0.15) is 42.2 Å². The molecule has 1 aromatic heterocycles. The Labute approximate surface area is 124 Å². The molecule has 21 heavy (non-hydrogen) atoms. The quantitative estimate of drug-likeness (QED) is 0.830. The summed E-state index contributed by atoms with van der Waals surface area (Å²) in [6, 6.07) is 4.12. The molecule has 0 aromatic carbocycles. The Kier molecular flexibility index (Phi) is 5.38. The molecular formula is C15H23N3O3. The maximum Gasteiger partial charge on any atom is 0.303 e. The Morgan fingerprint density at radius 1 is 1.43 bits per heavy atom. The highest BCUT2D eigenvalue weighted by Crippen LogP contribution is 2.22. The molecule has 2 N–H and O–H groups in total. The molecule has 0 unspecified atom stereocenters. The molecule has 0 radical (unpaired) electrons. The highest BCUT2D eigenvalue weighted by Gasteiger charge is 2.21. The molecule has 0 saturated carbocycles. The van der Waals surface area contributed by atoms with Crippen molar-refractivity contribution in [3.8, 4) is 0 Å². The Balaban J connectivity index is 1.98. The fourth-order valence-corrected chi connectivity index (χ4v) is 2.74. The van der Waals surface area contributed by atoms with E-state index in [-0.39, 0.29) is 12.3 Å². The van der Waals surface area contributed by atoms with Gasteiger partial charge in [0.25, 0.3) is 5.91 Å². The van der Waals surface area contributed by atoms with Gasteiger partial charge in [-0.2, -0.15) is 0 Å². The highest BCUT2D eigenvalue weighted by atomic mass is 16.4. The summed E-state index contributed by atoms with van der Waals surface area (Å²) in [5.41, 5.74) is 0.694. The van der Waals surface area contributed by atoms with Crippen LogP contribution in [0, 0.1) is 0 Å². The zero-order valence-corrected chi connectivity index (χ0v) is 12.4. The van der Waals surface area contributed by atoms with Gasteiger partial charge in [-0.25, -0.2) is 0 Å². The second-order valence-corrected chi connectivity index (χ2v) is 5.51. The van der Waals surface area contributed by atoms with Gasteiger partial charge in [0.05, 0.1) is 0 Å². The van der Waals surface area contributed by atoms with Gasteiger partial charge >= 0.3 is 5.97 Å². The van der Waals surface area contributed by atoms with Crippen molar-refractivity contribution in [2.45, 2.75) is 31.7 Å². The minimum atomic E-state index is -0.825. The van der Waals surface area contributed by atoms with Crippen molar-refractivity contribution in [3.63, 3.8) is 0 Å². The Morgan fingerprint density at radius 3 is 2.81 bits per heavy atom. The number of hydrogen-bond donors (Lipinski definition) is 2. The van der Waals surface area contributed by atoms with E-state index in [1.54, 1.807) is 11.9 Å². The van der Waals surface area contributed by atoms with E-state index < -0.39 is 5.97 Å². The molecule has 0 bridgehead atoms. The number of aliphatic carboxylic acids is 1. The standard InChI is InChI=1S/C15H23N3O3/c1-17(10-3-5-14(19)20)15(21)13-4-2-11-18(13)12-6-8-16-9-7-12/h2,4,11-12,16H,3,5-10H2,1H3,(H,19,20). The molecular weight excluding hydrogens is 270 g/mol.